The molecule has 1 aromatic carbocycles. The first kappa shape index (κ1) is 8.38. The van der Waals surface area contributed by atoms with Crippen molar-refractivity contribution in [1.29, 1.82) is 0 Å². The van der Waals surface area contributed by atoms with Gasteiger partial charge in [0.2, 0.25) is 0 Å². The van der Waals surface area contributed by atoms with Gasteiger partial charge < -0.3 is 0 Å². The van der Waals surface area contributed by atoms with E-state index in [0.29, 0.717) is 0 Å². The maximum atomic E-state index is 4.50. The summed E-state index contributed by atoms with van der Waals surface area (Å²) in [5.41, 5.74) is 1.14. The number of aryl methyl sites for hydroxylation is 2. The van der Waals surface area contributed by atoms with Crippen LogP contribution in [0.15, 0.2) is 18.2 Å². The lowest BCUT2D eigenvalue weighted by Crippen LogP contribution is -1.67. The van der Waals surface area contributed by atoms with Crippen LogP contribution in [0.4, 0.5) is 0 Å². The van der Waals surface area contributed by atoms with Crippen molar-refractivity contribution >= 4 is 43.0 Å². The molecule has 70 valence electrons. The van der Waals surface area contributed by atoms with Crippen molar-refractivity contribution in [3.8, 4) is 0 Å². The zero-order chi connectivity index (χ0) is 9.71. The molecule has 0 N–H and O–H groups in total. The fraction of sp³-hybridized carbons (Fsp3) is 0.182. The summed E-state index contributed by atoms with van der Waals surface area (Å²) in [6, 6.07) is 6.69. The van der Waals surface area contributed by atoms with E-state index in [1.54, 1.807) is 11.3 Å². The highest BCUT2D eigenvalue weighted by molar-refractivity contribution is 7.20. The van der Waals surface area contributed by atoms with Gasteiger partial charge in [-0.2, -0.15) is 0 Å². The zero-order valence-electron chi connectivity index (χ0n) is 8.00. The van der Waals surface area contributed by atoms with Gasteiger partial charge in [-0.15, -0.1) is 22.7 Å². The van der Waals surface area contributed by atoms with E-state index in [-0.39, 0.29) is 0 Å². The number of rotatable bonds is 0. The molecule has 0 bridgehead atoms. The normalized spacial score (nSPS) is 11.6. The fourth-order valence-electron chi connectivity index (χ4n) is 1.71. The number of thiophene rings is 1. The summed E-state index contributed by atoms with van der Waals surface area (Å²) in [7, 11) is 0. The Bertz CT molecular complexity index is 516. The summed E-state index contributed by atoms with van der Waals surface area (Å²) < 4.78 is 2.65. The Hall–Kier alpha value is -0.930. The van der Waals surface area contributed by atoms with E-state index in [4.69, 9.17) is 0 Å². The first-order chi connectivity index (χ1) is 6.72. The number of hydrogen-bond acceptors (Lipinski definition) is 3. The summed E-state index contributed by atoms with van der Waals surface area (Å²) >= 11 is 3.61. The molecule has 0 saturated heterocycles. The van der Waals surface area contributed by atoms with E-state index >= 15 is 0 Å². The molecule has 14 heavy (non-hydrogen) atoms. The van der Waals surface area contributed by atoms with Crippen molar-refractivity contribution in [2.45, 2.75) is 13.8 Å². The van der Waals surface area contributed by atoms with E-state index in [1.165, 1.54) is 19.7 Å². The third-order valence-corrected chi connectivity index (χ3v) is 4.20. The first-order valence-electron chi connectivity index (χ1n) is 4.50. The van der Waals surface area contributed by atoms with Crippen LogP contribution in [0.2, 0.25) is 0 Å². The lowest BCUT2D eigenvalue weighted by molar-refractivity contribution is 1.35. The minimum atomic E-state index is 1.14. The predicted octanol–water partition coefficient (Wildman–Crippen LogP) is 4.13. The molecule has 3 heteroatoms. The van der Waals surface area contributed by atoms with Crippen molar-refractivity contribution in [3.05, 3.63) is 28.1 Å². The number of nitrogens with zero attached hydrogens (tertiary/aromatic N) is 1. The Morgan fingerprint density at radius 2 is 1.86 bits per heavy atom. The molecule has 0 radical (unpaired) electrons. The molecule has 0 unspecified atom stereocenters. The van der Waals surface area contributed by atoms with Crippen LogP contribution < -0.4 is 0 Å². The van der Waals surface area contributed by atoms with Crippen LogP contribution in [0.1, 0.15) is 9.88 Å². The highest BCUT2D eigenvalue weighted by Crippen LogP contribution is 2.31. The van der Waals surface area contributed by atoms with Crippen LogP contribution in [-0.4, -0.2) is 4.98 Å². The molecule has 0 atom stereocenters. The van der Waals surface area contributed by atoms with Gasteiger partial charge in [0, 0.05) is 9.58 Å². The molecule has 2 aromatic heterocycles. The van der Waals surface area contributed by atoms with Gasteiger partial charge in [-0.25, -0.2) is 4.98 Å². The molecule has 0 saturated carbocycles. The van der Waals surface area contributed by atoms with Crippen LogP contribution in [0.3, 0.4) is 0 Å². The maximum absolute atomic E-state index is 4.50. The molecule has 0 aliphatic carbocycles. The van der Waals surface area contributed by atoms with E-state index < -0.39 is 0 Å². The molecule has 3 rings (SSSR count). The summed E-state index contributed by atoms with van der Waals surface area (Å²) in [4.78, 5) is 5.87. The van der Waals surface area contributed by atoms with Crippen LogP contribution >= 0.6 is 22.7 Å². The Kier molecular flexibility index (Phi) is 1.66. The minimum absolute atomic E-state index is 1.14. The average Bonchev–Trinajstić information content (AvgIpc) is 2.59. The molecule has 0 fully saturated rings. The molecule has 3 aromatic rings. The highest BCUT2D eigenvalue weighted by atomic mass is 32.1. The molecule has 0 amide bonds. The van der Waals surface area contributed by atoms with Gasteiger partial charge in [0.05, 0.1) is 15.2 Å². The molecule has 1 nitrogen and oxygen atoms in total. The smallest absolute Gasteiger partial charge is 0.0907 e. The summed E-state index contributed by atoms with van der Waals surface area (Å²) in [6.45, 7) is 4.21. The van der Waals surface area contributed by atoms with Crippen molar-refractivity contribution < 1.29 is 0 Å². The lowest BCUT2D eigenvalue weighted by atomic mass is 10.2. The summed E-state index contributed by atoms with van der Waals surface area (Å²) in [5, 5.41) is 2.50. The van der Waals surface area contributed by atoms with E-state index in [0.717, 1.165) is 10.5 Å². The standard InChI is InChI=1S/C11H9NS2/c1-6-3-8-4-11-9(5-10(8)13-6)12-7(2)14-11/h3-5H,1-2H3. The zero-order valence-corrected chi connectivity index (χ0v) is 9.63. The lowest BCUT2D eigenvalue weighted by Gasteiger charge is -1.88. The van der Waals surface area contributed by atoms with Crippen molar-refractivity contribution in [1.82, 2.24) is 4.98 Å². The van der Waals surface area contributed by atoms with Crippen LogP contribution in [0.25, 0.3) is 20.3 Å². The minimum Gasteiger partial charge on any atom is -0.241 e. The van der Waals surface area contributed by atoms with Gasteiger partial charge in [-0.1, -0.05) is 0 Å². The number of benzene rings is 1. The number of thiazole rings is 1. The molecular formula is C11H9NS2. The molecule has 0 spiro atoms. The second kappa shape index (κ2) is 2.78. The summed E-state index contributed by atoms with van der Waals surface area (Å²) in [5.74, 6) is 0. The van der Waals surface area contributed by atoms with Gasteiger partial charge in [0.25, 0.3) is 0 Å². The van der Waals surface area contributed by atoms with Gasteiger partial charge in [0.15, 0.2) is 0 Å². The second-order valence-corrected chi connectivity index (χ2v) is 5.97. The molecule has 0 aliphatic rings. The van der Waals surface area contributed by atoms with Crippen LogP contribution in [0, 0.1) is 13.8 Å². The number of fused-ring (bicyclic) bond motifs is 2. The topological polar surface area (TPSA) is 12.9 Å². The van der Waals surface area contributed by atoms with Gasteiger partial charge in [-0.05, 0) is 37.4 Å². The second-order valence-electron chi connectivity index (χ2n) is 3.45. The van der Waals surface area contributed by atoms with Crippen molar-refractivity contribution in [2.75, 3.05) is 0 Å². The Labute approximate surface area is 90.0 Å². The van der Waals surface area contributed by atoms with Crippen molar-refractivity contribution in [2.24, 2.45) is 0 Å². The Balaban J connectivity index is 2.49. The van der Waals surface area contributed by atoms with Gasteiger partial charge in [-0.3, -0.25) is 0 Å². The van der Waals surface area contributed by atoms with Gasteiger partial charge >= 0.3 is 0 Å². The fourth-order valence-corrected chi connectivity index (χ4v) is 3.51. The highest BCUT2D eigenvalue weighted by Gasteiger charge is 2.04. The molecular weight excluding hydrogens is 210 g/mol. The molecule has 2 heterocycles. The third kappa shape index (κ3) is 1.16. The number of aromatic nitrogens is 1. The van der Waals surface area contributed by atoms with Crippen LogP contribution in [-0.2, 0) is 0 Å². The van der Waals surface area contributed by atoms with Gasteiger partial charge in [0.1, 0.15) is 0 Å². The van der Waals surface area contributed by atoms with E-state index in [9.17, 15) is 0 Å². The Morgan fingerprint density at radius 3 is 2.71 bits per heavy atom. The number of hydrogen-bond donors (Lipinski definition) is 0. The van der Waals surface area contributed by atoms with Crippen LogP contribution in [0.5, 0.6) is 0 Å². The van der Waals surface area contributed by atoms with E-state index in [2.05, 4.69) is 37.0 Å². The van der Waals surface area contributed by atoms with E-state index in [1.807, 2.05) is 11.3 Å². The monoisotopic (exact) mass is 219 g/mol. The maximum Gasteiger partial charge on any atom is 0.0907 e. The first-order valence-corrected chi connectivity index (χ1v) is 6.13. The predicted molar refractivity (Wildman–Crippen MR) is 64.5 cm³/mol. The average molecular weight is 219 g/mol. The van der Waals surface area contributed by atoms with Crippen molar-refractivity contribution in [3.63, 3.8) is 0 Å². The summed E-state index contributed by atoms with van der Waals surface area (Å²) in [6.07, 6.45) is 0. The molecule has 0 aliphatic heterocycles. The SMILES string of the molecule is Cc1cc2cc3sc(C)nc3cc2s1. The largest absolute Gasteiger partial charge is 0.241 e. The quantitative estimate of drug-likeness (QED) is 0.554. The Morgan fingerprint density at radius 1 is 1.00 bits per heavy atom. The third-order valence-electron chi connectivity index (χ3n) is 2.26.